The summed E-state index contributed by atoms with van der Waals surface area (Å²) in [5.41, 5.74) is 0. The Balaban J connectivity index is 2.34. The van der Waals surface area contributed by atoms with Crippen LogP contribution in [0.25, 0.3) is 0 Å². The number of thioether (sulfide) groups is 1. The molecule has 0 saturated heterocycles. The Bertz CT molecular complexity index is 265. The van der Waals surface area contributed by atoms with Gasteiger partial charge >= 0.3 is 0 Å². The van der Waals surface area contributed by atoms with Gasteiger partial charge in [0, 0.05) is 6.54 Å². The molecule has 5 heteroatoms. The zero-order valence-corrected chi connectivity index (χ0v) is 9.14. The van der Waals surface area contributed by atoms with Gasteiger partial charge in [-0.2, -0.15) is 11.8 Å². The van der Waals surface area contributed by atoms with Crippen LogP contribution in [0.5, 0.6) is 0 Å². The van der Waals surface area contributed by atoms with Crippen molar-refractivity contribution in [2.45, 2.75) is 6.92 Å². The molecule has 0 bridgehead atoms. The second-order valence-electron chi connectivity index (χ2n) is 3.17. The highest BCUT2D eigenvalue weighted by Gasteiger charge is 2.01. The van der Waals surface area contributed by atoms with Crippen LogP contribution in [0.3, 0.4) is 0 Å². The molecule has 0 radical (unpaired) electrons. The molecule has 1 atom stereocenters. The summed E-state index contributed by atoms with van der Waals surface area (Å²) in [4.78, 5) is 7.61. The normalized spacial score (nSPS) is 12.5. The molecule has 1 unspecified atom stereocenters. The van der Waals surface area contributed by atoms with Gasteiger partial charge in [-0.05, 0) is 17.9 Å². The molecule has 1 rings (SSSR count). The third-order valence-electron chi connectivity index (χ3n) is 1.68. The van der Waals surface area contributed by atoms with E-state index in [4.69, 9.17) is 0 Å². The van der Waals surface area contributed by atoms with Crippen LogP contribution in [0.4, 0.5) is 10.3 Å². The highest BCUT2D eigenvalue weighted by molar-refractivity contribution is 7.98. The summed E-state index contributed by atoms with van der Waals surface area (Å²) in [7, 11) is 0. The number of rotatable bonds is 5. The lowest BCUT2D eigenvalue weighted by Crippen LogP contribution is -2.14. The standard InChI is InChI=1S/C9H14FN3S/c1-7(6-14-2)3-11-9-12-4-8(10)5-13-9/h4-5,7H,3,6H2,1-2H3,(H,11,12,13). The van der Waals surface area contributed by atoms with E-state index in [0.29, 0.717) is 11.9 Å². The number of hydrogen-bond donors (Lipinski definition) is 1. The highest BCUT2D eigenvalue weighted by Crippen LogP contribution is 2.05. The monoisotopic (exact) mass is 215 g/mol. The van der Waals surface area contributed by atoms with Crippen LogP contribution >= 0.6 is 11.8 Å². The van der Waals surface area contributed by atoms with Crippen LogP contribution in [-0.4, -0.2) is 28.5 Å². The van der Waals surface area contributed by atoms with E-state index >= 15 is 0 Å². The Morgan fingerprint density at radius 1 is 1.50 bits per heavy atom. The van der Waals surface area contributed by atoms with E-state index in [0.717, 1.165) is 24.7 Å². The van der Waals surface area contributed by atoms with Gasteiger partial charge in [0.1, 0.15) is 0 Å². The van der Waals surface area contributed by atoms with Crippen LogP contribution in [0.15, 0.2) is 12.4 Å². The van der Waals surface area contributed by atoms with Crippen molar-refractivity contribution in [2.24, 2.45) is 5.92 Å². The molecule has 78 valence electrons. The smallest absolute Gasteiger partial charge is 0.222 e. The Morgan fingerprint density at radius 3 is 2.71 bits per heavy atom. The van der Waals surface area contributed by atoms with Gasteiger partial charge in [0.05, 0.1) is 12.4 Å². The van der Waals surface area contributed by atoms with Crippen molar-refractivity contribution < 1.29 is 4.39 Å². The van der Waals surface area contributed by atoms with Gasteiger partial charge in [-0.3, -0.25) is 0 Å². The quantitative estimate of drug-likeness (QED) is 0.815. The second kappa shape index (κ2) is 5.80. The van der Waals surface area contributed by atoms with E-state index < -0.39 is 5.82 Å². The predicted octanol–water partition coefficient (Wildman–Crippen LogP) is 2.03. The van der Waals surface area contributed by atoms with Gasteiger partial charge < -0.3 is 5.32 Å². The minimum atomic E-state index is -0.410. The van der Waals surface area contributed by atoms with Gasteiger partial charge in [-0.15, -0.1) is 0 Å². The molecule has 0 saturated carbocycles. The molecule has 1 aromatic rings. The third kappa shape index (κ3) is 3.91. The van der Waals surface area contributed by atoms with E-state index in [-0.39, 0.29) is 0 Å². The summed E-state index contributed by atoms with van der Waals surface area (Å²) in [5, 5.41) is 3.05. The summed E-state index contributed by atoms with van der Waals surface area (Å²) in [6.45, 7) is 2.96. The maximum absolute atomic E-state index is 12.5. The number of anilines is 1. The zero-order valence-electron chi connectivity index (χ0n) is 8.33. The van der Waals surface area contributed by atoms with Crippen LogP contribution < -0.4 is 5.32 Å². The van der Waals surface area contributed by atoms with E-state index in [1.807, 2.05) is 0 Å². The lowest BCUT2D eigenvalue weighted by molar-refractivity contribution is 0.613. The molecule has 1 N–H and O–H groups in total. The molecule has 14 heavy (non-hydrogen) atoms. The predicted molar refractivity (Wildman–Crippen MR) is 58.0 cm³/mol. The van der Waals surface area contributed by atoms with Crippen molar-refractivity contribution in [1.82, 2.24) is 9.97 Å². The van der Waals surface area contributed by atoms with Gasteiger partial charge in [0.25, 0.3) is 0 Å². The molecule has 0 amide bonds. The Morgan fingerprint density at radius 2 is 2.14 bits per heavy atom. The first-order valence-corrected chi connectivity index (χ1v) is 5.82. The Kier molecular flexibility index (Phi) is 4.65. The molecule has 1 heterocycles. The summed E-state index contributed by atoms with van der Waals surface area (Å²) >= 11 is 1.81. The van der Waals surface area contributed by atoms with Gasteiger partial charge in [-0.1, -0.05) is 6.92 Å². The molecule has 0 aliphatic carbocycles. The molecular weight excluding hydrogens is 201 g/mol. The molecule has 0 fully saturated rings. The van der Waals surface area contributed by atoms with Gasteiger partial charge in [0.2, 0.25) is 5.95 Å². The maximum atomic E-state index is 12.5. The van der Waals surface area contributed by atoms with Crippen molar-refractivity contribution >= 4 is 17.7 Å². The number of halogens is 1. The molecule has 1 aromatic heterocycles. The maximum Gasteiger partial charge on any atom is 0.222 e. The van der Waals surface area contributed by atoms with Gasteiger partial charge in [0.15, 0.2) is 5.82 Å². The van der Waals surface area contributed by atoms with E-state index in [1.54, 1.807) is 11.8 Å². The number of nitrogens with one attached hydrogen (secondary N) is 1. The third-order valence-corrected chi connectivity index (χ3v) is 2.58. The number of nitrogens with zero attached hydrogens (tertiary/aromatic N) is 2. The Labute approximate surface area is 87.5 Å². The van der Waals surface area contributed by atoms with Crippen LogP contribution in [0.1, 0.15) is 6.92 Å². The highest BCUT2D eigenvalue weighted by atomic mass is 32.2. The summed E-state index contributed by atoms with van der Waals surface area (Å²) in [6, 6.07) is 0. The SMILES string of the molecule is CSCC(C)CNc1ncc(F)cn1. The van der Waals surface area contributed by atoms with Crippen molar-refractivity contribution in [3.05, 3.63) is 18.2 Å². The minimum absolute atomic E-state index is 0.410. The van der Waals surface area contributed by atoms with Crippen molar-refractivity contribution in [1.29, 1.82) is 0 Å². The first-order chi connectivity index (χ1) is 6.72. The van der Waals surface area contributed by atoms with E-state index in [2.05, 4.69) is 28.5 Å². The first kappa shape index (κ1) is 11.2. The molecule has 0 aliphatic rings. The van der Waals surface area contributed by atoms with E-state index in [9.17, 15) is 4.39 Å². The van der Waals surface area contributed by atoms with Crippen LogP contribution in [-0.2, 0) is 0 Å². The van der Waals surface area contributed by atoms with Gasteiger partial charge in [-0.25, -0.2) is 14.4 Å². The van der Waals surface area contributed by atoms with Crippen molar-refractivity contribution in [2.75, 3.05) is 23.9 Å². The summed E-state index contributed by atoms with van der Waals surface area (Å²) in [5.74, 6) is 1.72. The zero-order chi connectivity index (χ0) is 10.4. The summed E-state index contributed by atoms with van der Waals surface area (Å²) < 4.78 is 12.5. The lowest BCUT2D eigenvalue weighted by Gasteiger charge is -2.10. The Hall–Kier alpha value is -0.840. The van der Waals surface area contributed by atoms with Crippen LogP contribution in [0, 0.1) is 11.7 Å². The molecule has 0 spiro atoms. The van der Waals surface area contributed by atoms with E-state index in [1.165, 1.54) is 0 Å². The first-order valence-electron chi connectivity index (χ1n) is 4.42. The number of aromatic nitrogens is 2. The molecular formula is C9H14FN3S. The average Bonchev–Trinajstić information content (AvgIpc) is 2.17. The van der Waals surface area contributed by atoms with Crippen molar-refractivity contribution in [3.63, 3.8) is 0 Å². The lowest BCUT2D eigenvalue weighted by atomic mass is 10.2. The number of hydrogen-bond acceptors (Lipinski definition) is 4. The largest absolute Gasteiger partial charge is 0.354 e. The van der Waals surface area contributed by atoms with Crippen LogP contribution in [0.2, 0.25) is 0 Å². The molecule has 0 aromatic carbocycles. The molecule has 0 aliphatic heterocycles. The summed E-state index contributed by atoms with van der Waals surface area (Å²) in [6.07, 6.45) is 4.40. The topological polar surface area (TPSA) is 37.8 Å². The second-order valence-corrected chi connectivity index (χ2v) is 4.08. The fourth-order valence-electron chi connectivity index (χ4n) is 1.01. The fraction of sp³-hybridized carbons (Fsp3) is 0.556. The molecule has 3 nitrogen and oxygen atoms in total. The fourth-order valence-corrected chi connectivity index (χ4v) is 1.70. The average molecular weight is 215 g/mol. The minimum Gasteiger partial charge on any atom is -0.354 e. The van der Waals surface area contributed by atoms with Crippen molar-refractivity contribution in [3.8, 4) is 0 Å².